The van der Waals surface area contributed by atoms with E-state index in [2.05, 4.69) is 44.6 Å². The second-order valence-electron chi connectivity index (χ2n) is 14.4. The monoisotopic (exact) mass is 698 g/mol. The van der Waals surface area contributed by atoms with E-state index < -0.39 is 40.7 Å². The zero-order valence-electron chi connectivity index (χ0n) is 29.2. The van der Waals surface area contributed by atoms with Crippen molar-refractivity contribution >= 4 is 34.3 Å². The number of carbonyl (C=O) groups is 2. The van der Waals surface area contributed by atoms with Crippen molar-refractivity contribution in [2.45, 2.75) is 70.3 Å². The lowest BCUT2D eigenvalue weighted by Gasteiger charge is -2.34. The summed E-state index contributed by atoms with van der Waals surface area (Å²) >= 11 is 0. The summed E-state index contributed by atoms with van der Waals surface area (Å²) in [6.07, 6.45) is -0.193. The molecule has 10 heteroatoms. The number of para-hydroxylation sites is 1. The number of anilines is 1. The van der Waals surface area contributed by atoms with Crippen LogP contribution in [0, 0.1) is 11.7 Å². The highest BCUT2D eigenvalue weighted by Gasteiger charge is 2.44. The van der Waals surface area contributed by atoms with Gasteiger partial charge in [0.25, 0.3) is 0 Å². The summed E-state index contributed by atoms with van der Waals surface area (Å²) in [6.45, 7) is 12.8. The topological polar surface area (TPSA) is 77.1 Å². The number of ether oxygens (including phenoxy) is 1. The molecule has 0 unspecified atom stereocenters. The van der Waals surface area contributed by atoms with Gasteiger partial charge in [-0.1, -0.05) is 72.8 Å². The Morgan fingerprint density at radius 3 is 2.00 bits per heavy atom. The first-order valence-corrected chi connectivity index (χ1v) is 23.7. The maximum absolute atomic E-state index is 15.0. The molecular weight excluding hydrogens is 652 g/mol. The van der Waals surface area contributed by atoms with Crippen LogP contribution in [0.15, 0.2) is 109 Å². The highest BCUT2D eigenvalue weighted by Crippen LogP contribution is 2.39. The summed E-state index contributed by atoms with van der Waals surface area (Å²) in [4.78, 5) is 29.6. The minimum absolute atomic E-state index is 0.0811. The van der Waals surface area contributed by atoms with Gasteiger partial charge in [-0.25, -0.2) is 14.1 Å². The molecule has 0 saturated carbocycles. The van der Waals surface area contributed by atoms with E-state index in [1.54, 1.807) is 12.1 Å². The fraction of sp³-hybridized carbons (Fsp3) is 0.333. The molecule has 258 valence electrons. The first kappa shape index (κ1) is 36.0. The average molecular weight is 699 g/mol. The molecule has 5 rings (SSSR count). The van der Waals surface area contributed by atoms with E-state index >= 15 is 0 Å². The number of rotatable bonds is 14. The second kappa shape index (κ2) is 15.5. The molecule has 1 heterocycles. The summed E-state index contributed by atoms with van der Waals surface area (Å²) in [6, 6.07) is 32.4. The third-order valence-corrected chi connectivity index (χ3v) is 10.1. The van der Waals surface area contributed by atoms with Crippen LogP contribution in [-0.4, -0.2) is 40.1 Å². The molecule has 0 spiro atoms. The number of hydrogen-bond acceptors (Lipinski definition) is 6. The van der Waals surface area contributed by atoms with E-state index in [9.17, 15) is 14.0 Å². The van der Waals surface area contributed by atoms with Gasteiger partial charge in [0.15, 0.2) is 8.32 Å². The molecule has 2 amide bonds. The Labute approximate surface area is 291 Å². The van der Waals surface area contributed by atoms with E-state index in [1.807, 2.05) is 84.9 Å². The van der Waals surface area contributed by atoms with E-state index in [0.717, 1.165) is 28.1 Å². The van der Waals surface area contributed by atoms with E-state index in [1.165, 1.54) is 17.0 Å². The van der Waals surface area contributed by atoms with Crippen LogP contribution in [0.25, 0.3) is 0 Å². The van der Waals surface area contributed by atoms with Crippen LogP contribution in [0.3, 0.4) is 0 Å². The maximum Gasteiger partial charge on any atom is 0.417 e. The first-order valence-electron chi connectivity index (χ1n) is 16.9. The lowest BCUT2D eigenvalue weighted by atomic mass is 9.85. The molecule has 1 fully saturated rings. The molecule has 0 bridgehead atoms. The van der Waals surface area contributed by atoms with Crippen molar-refractivity contribution in [3.8, 4) is 5.75 Å². The van der Waals surface area contributed by atoms with Crippen molar-refractivity contribution in [1.82, 2.24) is 4.90 Å². The van der Waals surface area contributed by atoms with Gasteiger partial charge in [0.1, 0.15) is 24.2 Å². The van der Waals surface area contributed by atoms with Crippen LogP contribution in [0.5, 0.6) is 5.75 Å². The van der Waals surface area contributed by atoms with Crippen molar-refractivity contribution in [3.05, 3.63) is 132 Å². The van der Waals surface area contributed by atoms with Crippen LogP contribution in [0.4, 0.5) is 14.9 Å². The molecular formula is C39H47FN2O5Si2. The highest BCUT2D eigenvalue weighted by molar-refractivity contribution is 6.70. The second-order valence-corrected chi connectivity index (χ2v) is 23.3. The number of amides is 2. The molecule has 1 saturated heterocycles. The van der Waals surface area contributed by atoms with Gasteiger partial charge < -0.3 is 18.9 Å². The van der Waals surface area contributed by atoms with Crippen molar-refractivity contribution in [2.24, 2.45) is 5.92 Å². The van der Waals surface area contributed by atoms with Crippen molar-refractivity contribution in [3.63, 3.8) is 0 Å². The third kappa shape index (κ3) is 9.90. The number of carbonyl (C=O) groups excluding carboxylic acids is 2. The number of nitrogens with one attached hydrogen (secondary N) is 1. The largest absolute Gasteiger partial charge is 0.544 e. The molecule has 1 N–H and O–H groups in total. The zero-order valence-corrected chi connectivity index (χ0v) is 31.2. The molecule has 4 aromatic rings. The molecule has 7 nitrogen and oxygen atoms in total. The fourth-order valence-electron chi connectivity index (χ4n) is 6.15. The normalized spacial score (nSPS) is 16.8. The molecule has 0 aromatic heterocycles. The van der Waals surface area contributed by atoms with Crippen LogP contribution in [-0.2, 0) is 14.0 Å². The third-order valence-electron chi connectivity index (χ3n) is 8.25. The first-order chi connectivity index (χ1) is 23.3. The van der Waals surface area contributed by atoms with Gasteiger partial charge in [0, 0.05) is 5.69 Å². The fourth-order valence-corrected chi connectivity index (χ4v) is 8.10. The average Bonchev–Trinajstić information content (AvgIpc) is 3.45. The predicted molar refractivity (Wildman–Crippen MR) is 197 cm³/mol. The number of cyclic esters (lactones) is 1. The number of imide groups is 1. The summed E-state index contributed by atoms with van der Waals surface area (Å²) in [5.41, 5.74) is 3.38. The van der Waals surface area contributed by atoms with E-state index in [4.69, 9.17) is 13.6 Å². The van der Waals surface area contributed by atoms with Crippen LogP contribution in [0.2, 0.25) is 39.3 Å². The molecule has 0 radical (unpaired) electrons. The Morgan fingerprint density at radius 2 is 1.41 bits per heavy atom. The molecule has 0 aliphatic carbocycles. The summed E-state index contributed by atoms with van der Waals surface area (Å²) in [5, 5.41) is 3.64. The number of hydrogen-bond donors (Lipinski definition) is 1. The number of halogens is 1. The van der Waals surface area contributed by atoms with Gasteiger partial charge in [-0.3, -0.25) is 4.79 Å². The van der Waals surface area contributed by atoms with Crippen molar-refractivity contribution in [2.75, 3.05) is 11.9 Å². The van der Waals surface area contributed by atoms with Gasteiger partial charge >= 0.3 is 6.09 Å². The Kier molecular flexibility index (Phi) is 11.4. The lowest BCUT2D eigenvalue weighted by Crippen LogP contribution is -2.42. The quantitative estimate of drug-likeness (QED) is 0.132. The summed E-state index contributed by atoms with van der Waals surface area (Å²) < 4.78 is 32.4. The van der Waals surface area contributed by atoms with E-state index in [0.29, 0.717) is 12.8 Å². The van der Waals surface area contributed by atoms with Gasteiger partial charge in [-0.15, -0.1) is 0 Å². The molecule has 49 heavy (non-hydrogen) atoms. The minimum atomic E-state index is -2.08. The number of nitrogens with zero attached hydrogens (tertiary/aromatic N) is 1. The smallest absolute Gasteiger partial charge is 0.417 e. The Balaban J connectivity index is 1.57. The molecule has 1 aliphatic rings. The minimum Gasteiger partial charge on any atom is -0.544 e. The van der Waals surface area contributed by atoms with Crippen LogP contribution >= 0.6 is 0 Å². The summed E-state index contributed by atoms with van der Waals surface area (Å²) in [7, 11) is -3.93. The SMILES string of the molecule is C[Si](C)(C)Oc1ccc([C@@H](Nc2ccccc2)[C@@H](CC[C@H](O[Si](C)(C)C)c2ccc(F)cc2)C(=O)N2C(=O)OC[C@@H]2c2ccccc2)cc1. The van der Waals surface area contributed by atoms with Crippen molar-refractivity contribution < 1.29 is 27.6 Å². The Bertz CT molecular complexity index is 1680. The maximum atomic E-state index is 15.0. The van der Waals surface area contributed by atoms with Gasteiger partial charge in [0.05, 0.1) is 18.1 Å². The van der Waals surface area contributed by atoms with Gasteiger partial charge in [-0.05, 0) is 105 Å². The molecule has 4 atom stereocenters. The number of benzene rings is 4. The van der Waals surface area contributed by atoms with Crippen molar-refractivity contribution in [1.29, 1.82) is 0 Å². The Morgan fingerprint density at radius 1 is 0.816 bits per heavy atom. The predicted octanol–water partition coefficient (Wildman–Crippen LogP) is 9.90. The van der Waals surface area contributed by atoms with Crippen LogP contribution in [0.1, 0.15) is 47.7 Å². The van der Waals surface area contributed by atoms with Gasteiger partial charge in [-0.2, -0.15) is 0 Å². The van der Waals surface area contributed by atoms with E-state index in [-0.39, 0.29) is 24.4 Å². The summed E-state index contributed by atoms with van der Waals surface area (Å²) in [5.74, 6) is -0.597. The van der Waals surface area contributed by atoms with Gasteiger partial charge in [0.2, 0.25) is 14.2 Å². The van der Waals surface area contributed by atoms with Crippen LogP contribution < -0.4 is 9.74 Å². The lowest BCUT2D eigenvalue weighted by molar-refractivity contribution is -0.134. The highest BCUT2D eigenvalue weighted by atomic mass is 28.4. The molecule has 4 aromatic carbocycles. The standard InChI is InChI=1S/C39H47FN2O5Si2/c1-48(2,3)46-33-23-19-30(20-24-33)37(41-32-15-11-8-12-16-32)34(25-26-36(47-49(4,5)6)29-17-21-31(40)22-18-29)38(43)42-35(27-45-39(42)44)28-13-9-7-10-14-28/h7-24,34-37,41H,25-27H2,1-6H3/t34-,35-,36+,37-/m1/s1. The zero-order chi connectivity index (χ0) is 35.2. The Hall–Kier alpha value is -4.26. The molecule has 1 aliphatic heterocycles.